The summed E-state index contributed by atoms with van der Waals surface area (Å²) in [5.41, 5.74) is 1.41. The number of halogens is 1. The Morgan fingerprint density at radius 3 is 2.50 bits per heavy atom. The first-order chi connectivity index (χ1) is 20.5. The third-order valence-corrected chi connectivity index (χ3v) is 9.01. The number of anilines is 3. The maximum atomic E-state index is 13.5. The Labute approximate surface area is 250 Å². The van der Waals surface area contributed by atoms with Gasteiger partial charge < -0.3 is 29.6 Å². The van der Waals surface area contributed by atoms with Gasteiger partial charge in [0.2, 0.25) is 5.95 Å². The minimum absolute atomic E-state index is 0.0956. The van der Waals surface area contributed by atoms with E-state index < -0.39 is 0 Å². The average Bonchev–Trinajstić information content (AvgIpc) is 2.99. The van der Waals surface area contributed by atoms with Crippen LogP contribution in [0.5, 0.6) is 5.75 Å². The van der Waals surface area contributed by atoms with E-state index in [0.717, 1.165) is 68.2 Å². The molecule has 0 spiro atoms. The second-order valence-corrected chi connectivity index (χ2v) is 12.0. The van der Waals surface area contributed by atoms with Gasteiger partial charge in [-0.3, -0.25) is 9.59 Å². The molecule has 224 valence electrons. The van der Waals surface area contributed by atoms with E-state index in [1.165, 1.54) is 25.7 Å². The van der Waals surface area contributed by atoms with Crippen LogP contribution in [0.1, 0.15) is 70.3 Å². The highest BCUT2D eigenvalue weighted by Crippen LogP contribution is 2.33. The summed E-state index contributed by atoms with van der Waals surface area (Å²) in [6.45, 7) is 1.46. The van der Waals surface area contributed by atoms with E-state index in [1.54, 1.807) is 19.3 Å². The molecule has 6 rings (SSSR count). The third kappa shape index (κ3) is 6.34. The van der Waals surface area contributed by atoms with Gasteiger partial charge in [0, 0.05) is 37.3 Å². The summed E-state index contributed by atoms with van der Waals surface area (Å²) >= 11 is 6.53. The van der Waals surface area contributed by atoms with E-state index >= 15 is 0 Å². The van der Waals surface area contributed by atoms with Crippen LogP contribution in [0.4, 0.5) is 17.5 Å². The number of benzene rings is 1. The molecule has 3 aromatic rings. The molecule has 11 heteroatoms. The summed E-state index contributed by atoms with van der Waals surface area (Å²) < 4.78 is 13.8. The predicted molar refractivity (Wildman–Crippen MR) is 164 cm³/mol. The molecular formula is C31H39ClN6O4. The molecule has 0 radical (unpaired) electrons. The quantitative estimate of drug-likeness (QED) is 0.341. The second-order valence-electron chi connectivity index (χ2n) is 11.6. The SMILES string of the molecule is CNC(=O)COc1cc2cc(Nc3nc(N4CCC(OC5CCC5)CC4)ncc3Cl)ccc2n(C2CCCCC2)c1=O. The van der Waals surface area contributed by atoms with Gasteiger partial charge in [-0.1, -0.05) is 30.9 Å². The lowest BCUT2D eigenvalue weighted by Crippen LogP contribution is -2.40. The van der Waals surface area contributed by atoms with Crippen molar-refractivity contribution in [3.63, 3.8) is 0 Å². The summed E-state index contributed by atoms with van der Waals surface area (Å²) in [7, 11) is 1.54. The Morgan fingerprint density at radius 1 is 1.02 bits per heavy atom. The molecule has 0 atom stereocenters. The zero-order chi connectivity index (χ0) is 29.1. The standard InChI is InChI=1S/C31H39ClN6O4/c1-33-28(39)19-41-27-17-20-16-21(10-11-26(20)38(30(27)40)22-6-3-2-4-7-22)35-29-25(32)18-34-31(36-29)37-14-12-24(13-15-37)42-23-8-5-9-23/h10-11,16-18,22-24H,2-9,12-15,19H2,1H3,(H,33,39)(H,34,35,36). The fraction of sp³-hybridized carbons (Fsp3) is 0.548. The first-order valence-corrected chi connectivity index (χ1v) is 15.6. The summed E-state index contributed by atoms with van der Waals surface area (Å²) in [4.78, 5) is 36.9. The molecule has 2 aromatic heterocycles. The molecule has 2 aliphatic carbocycles. The lowest BCUT2D eigenvalue weighted by Gasteiger charge is -2.36. The Morgan fingerprint density at radius 2 is 1.79 bits per heavy atom. The lowest BCUT2D eigenvalue weighted by molar-refractivity contribution is -0.122. The zero-order valence-electron chi connectivity index (χ0n) is 24.1. The molecule has 1 amide bonds. The van der Waals surface area contributed by atoms with Gasteiger partial charge in [-0.15, -0.1) is 0 Å². The number of carbonyl (C=O) groups excluding carboxylic acids is 1. The number of fused-ring (bicyclic) bond motifs is 1. The van der Waals surface area contributed by atoms with Crippen LogP contribution in [0.15, 0.2) is 35.3 Å². The first kappa shape index (κ1) is 28.7. The molecule has 3 aliphatic rings. The van der Waals surface area contributed by atoms with Crippen LogP contribution in [0.25, 0.3) is 10.9 Å². The van der Waals surface area contributed by atoms with Crippen LogP contribution in [0, 0.1) is 0 Å². The van der Waals surface area contributed by atoms with Crippen molar-refractivity contribution in [2.75, 3.05) is 37.0 Å². The van der Waals surface area contributed by atoms with E-state index in [-0.39, 0.29) is 29.9 Å². The second kappa shape index (κ2) is 12.9. The van der Waals surface area contributed by atoms with Crippen LogP contribution in [0.2, 0.25) is 5.02 Å². The fourth-order valence-corrected chi connectivity index (χ4v) is 6.26. The van der Waals surface area contributed by atoms with E-state index in [1.807, 2.05) is 22.8 Å². The van der Waals surface area contributed by atoms with E-state index in [4.69, 9.17) is 26.1 Å². The number of piperidine rings is 1. The Balaban J connectivity index is 1.24. The Hall–Kier alpha value is -3.37. The van der Waals surface area contributed by atoms with Gasteiger partial charge in [-0.05, 0) is 69.2 Å². The van der Waals surface area contributed by atoms with Crippen molar-refractivity contribution in [3.05, 3.63) is 45.8 Å². The Bertz CT molecular complexity index is 1480. The molecule has 42 heavy (non-hydrogen) atoms. The van der Waals surface area contributed by atoms with Crippen molar-refractivity contribution in [3.8, 4) is 5.75 Å². The van der Waals surface area contributed by atoms with Gasteiger partial charge in [-0.25, -0.2) is 4.98 Å². The van der Waals surface area contributed by atoms with Gasteiger partial charge in [0.15, 0.2) is 18.2 Å². The number of amides is 1. The van der Waals surface area contributed by atoms with Gasteiger partial charge >= 0.3 is 0 Å². The molecule has 0 bridgehead atoms. The van der Waals surface area contributed by atoms with Crippen molar-refractivity contribution < 1.29 is 14.3 Å². The van der Waals surface area contributed by atoms with Crippen LogP contribution in [-0.4, -0.2) is 59.4 Å². The number of likely N-dealkylation sites (N-methyl/N-ethyl adjacent to an activating group) is 1. The smallest absolute Gasteiger partial charge is 0.293 e. The topological polar surface area (TPSA) is 111 Å². The first-order valence-electron chi connectivity index (χ1n) is 15.2. The molecule has 1 aromatic carbocycles. The minimum Gasteiger partial charge on any atom is -0.478 e. The number of nitrogens with zero attached hydrogens (tertiary/aromatic N) is 4. The van der Waals surface area contributed by atoms with Crippen LogP contribution in [-0.2, 0) is 9.53 Å². The fourth-order valence-electron chi connectivity index (χ4n) is 6.12. The maximum Gasteiger partial charge on any atom is 0.293 e. The largest absolute Gasteiger partial charge is 0.478 e. The molecule has 1 aliphatic heterocycles. The number of nitrogens with one attached hydrogen (secondary N) is 2. The minimum atomic E-state index is -0.293. The number of hydrogen-bond acceptors (Lipinski definition) is 8. The number of carbonyl (C=O) groups is 1. The maximum absolute atomic E-state index is 13.5. The molecule has 2 saturated carbocycles. The highest BCUT2D eigenvalue weighted by Gasteiger charge is 2.27. The average molecular weight is 595 g/mol. The third-order valence-electron chi connectivity index (χ3n) is 8.74. The number of hydrogen-bond donors (Lipinski definition) is 2. The van der Waals surface area contributed by atoms with Crippen molar-refractivity contribution in [1.29, 1.82) is 0 Å². The molecule has 3 fully saturated rings. The van der Waals surface area contributed by atoms with E-state index in [0.29, 0.717) is 29.0 Å². The monoisotopic (exact) mass is 594 g/mol. The molecule has 10 nitrogen and oxygen atoms in total. The predicted octanol–water partition coefficient (Wildman–Crippen LogP) is 5.36. The van der Waals surface area contributed by atoms with Crippen molar-refractivity contribution in [2.45, 2.75) is 82.5 Å². The van der Waals surface area contributed by atoms with Crippen molar-refractivity contribution in [2.24, 2.45) is 0 Å². The lowest BCUT2D eigenvalue weighted by atomic mass is 9.94. The molecule has 3 heterocycles. The van der Waals surface area contributed by atoms with Crippen molar-refractivity contribution in [1.82, 2.24) is 19.9 Å². The van der Waals surface area contributed by atoms with Crippen LogP contribution in [0.3, 0.4) is 0 Å². The highest BCUT2D eigenvalue weighted by molar-refractivity contribution is 6.32. The summed E-state index contributed by atoms with van der Waals surface area (Å²) in [6, 6.07) is 7.67. The summed E-state index contributed by atoms with van der Waals surface area (Å²) in [5, 5.41) is 7.15. The number of pyridine rings is 1. The highest BCUT2D eigenvalue weighted by atomic mass is 35.5. The molecule has 0 unspecified atom stereocenters. The number of rotatable bonds is 9. The van der Waals surface area contributed by atoms with Crippen molar-refractivity contribution >= 4 is 45.9 Å². The van der Waals surface area contributed by atoms with E-state index in [2.05, 4.69) is 20.5 Å². The number of ether oxygens (including phenoxy) is 2. The van der Waals surface area contributed by atoms with Gasteiger partial charge in [0.1, 0.15) is 5.02 Å². The van der Waals surface area contributed by atoms with Crippen LogP contribution >= 0.6 is 11.6 Å². The normalized spacial score (nSPS) is 18.6. The van der Waals surface area contributed by atoms with Gasteiger partial charge in [0.25, 0.3) is 11.5 Å². The Kier molecular flexibility index (Phi) is 8.81. The number of aromatic nitrogens is 3. The summed E-state index contributed by atoms with van der Waals surface area (Å²) in [5.74, 6) is 1.03. The molecular weight excluding hydrogens is 556 g/mol. The summed E-state index contributed by atoms with van der Waals surface area (Å²) in [6.07, 6.45) is 13.2. The molecule has 2 N–H and O–H groups in total. The molecule has 1 saturated heterocycles. The van der Waals surface area contributed by atoms with Crippen LogP contribution < -0.4 is 25.8 Å². The van der Waals surface area contributed by atoms with Gasteiger partial charge in [0.05, 0.1) is 23.9 Å². The zero-order valence-corrected chi connectivity index (χ0v) is 24.9. The van der Waals surface area contributed by atoms with Gasteiger partial charge in [-0.2, -0.15) is 4.98 Å². The van der Waals surface area contributed by atoms with E-state index in [9.17, 15) is 9.59 Å².